The third kappa shape index (κ3) is 5.74. The van der Waals surface area contributed by atoms with Gasteiger partial charge in [-0.15, -0.1) is 11.3 Å². The zero-order valence-electron chi connectivity index (χ0n) is 12.5. The number of nitrogens with one attached hydrogen (secondary N) is 1. The van der Waals surface area contributed by atoms with Crippen LogP contribution < -0.4 is 10.5 Å². The second kappa shape index (κ2) is 8.47. The Morgan fingerprint density at radius 1 is 1.29 bits per heavy atom. The van der Waals surface area contributed by atoms with Crippen molar-refractivity contribution in [1.82, 2.24) is 9.62 Å². The molecule has 0 bridgehead atoms. The molecule has 0 saturated carbocycles. The zero-order valence-corrected chi connectivity index (χ0v) is 14.1. The summed E-state index contributed by atoms with van der Waals surface area (Å²) in [6.07, 6.45) is 2.08. The molecular weight excluding hydrogens is 310 g/mol. The van der Waals surface area contributed by atoms with Crippen LogP contribution in [0.4, 0.5) is 0 Å². The Hall–Kier alpha value is -0.960. The number of primary amides is 1. The SMILES string of the molecule is CCCN(CCC)CCNS(=O)(=O)c1csc(C(N)=O)c1. The van der Waals surface area contributed by atoms with Gasteiger partial charge in [0.2, 0.25) is 10.0 Å². The topological polar surface area (TPSA) is 92.5 Å². The smallest absolute Gasteiger partial charge is 0.258 e. The molecule has 1 heterocycles. The number of nitrogens with zero attached hydrogens (tertiary/aromatic N) is 1. The molecule has 1 amide bonds. The first-order chi connectivity index (χ1) is 9.90. The molecule has 0 aliphatic heterocycles. The molecule has 6 nitrogen and oxygen atoms in total. The molecule has 1 aromatic rings. The molecule has 21 heavy (non-hydrogen) atoms. The van der Waals surface area contributed by atoms with E-state index >= 15 is 0 Å². The molecular formula is C13H23N3O3S2. The van der Waals surface area contributed by atoms with Crippen molar-refractivity contribution in [3.05, 3.63) is 16.3 Å². The van der Waals surface area contributed by atoms with E-state index < -0.39 is 15.9 Å². The average Bonchev–Trinajstić information content (AvgIpc) is 2.89. The maximum absolute atomic E-state index is 12.1. The van der Waals surface area contributed by atoms with E-state index in [-0.39, 0.29) is 9.77 Å². The van der Waals surface area contributed by atoms with Crippen LogP contribution in [0.3, 0.4) is 0 Å². The van der Waals surface area contributed by atoms with Crippen molar-refractivity contribution in [3.8, 4) is 0 Å². The lowest BCUT2D eigenvalue weighted by molar-refractivity contribution is 0.100. The van der Waals surface area contributed by atoms with Crippen molar-refractivity contribution in [2.75, 3.05) is 26.2 Å². The van der Waals surface area contributed by atoms with Gasteiger partial charge < -0.3 is 10.6 Å². The number of amides is 1. The largest absolute Gasteiger partial charge is 0.365 e. The summed E-state index contributed by atoms with van der Waals surface area (Å²) in [7, 11) is -3.57. The fraction of sp³-hybridized carbons (Fsp3) is 0.615. The van der Waals surface area contributed by atoms with Crippen molar-refractivity contribution in [2.24, 2.45) is 5.73 Å². The molecule has 0 unspecified atom stereocenters. The van der Waals surface area contributed by atoms with Gasteiger partial charge in [0.05, 0.1) is 9.77 Å². The molecule has 0 aliphatic rings. The number of thiophene rings is 1. The number of sulfonamides is 1. The van der Waals surface area contributed by atoms with Gasteiger partial charge in [-0.1, -0.05) is 13.8 Å². The fourth-order valence-corrected chi connectivity index (χ4v) is 4.13. The Bertz CT molecular complexity index is 549. The minimum absolute atomic E-state index is 0.0961. The van der Waals surface area contributed by atoms with E-state index in [0.29, 0.717) is 13.1 Å². The van der Waals surface area contributed by atoms with Crippen LogP contribution in [-0.4, -0.2) is 45.4 Å². The molecule has 1 aromatic heterocycles. The quantitative estimate of drug-likeness (QED) is 0.674. The van der Waals surface area contributed by atoms with E-state index in [1.165, 1.54) is 11.4 Å². The molecule has 1 rings (SSSR count). The highest BCUT2D eigenvalue weighted by molar-refractivity contribution is 7.89. The Balaban J connectivity index is 2.57. The summed E-state index contributed by atoms with van der Waals surface area (Å²) in [6.45, 7) is 7.14. The van der Waals surface area contributed by atoms with Gasteiger partial charge in [-0.3, -0.25) is 4.79 Å². The lowest BCUT2D eigenvalue weighted by Crippen LogP contribution is -2.35. The molecule has 0 saturated heterocycles. The second-order valence-electron chi connectivity index (χ2n) is 4.75. The van der Waals surface area contributed by atoms with Crippen LogP contribution in [0.25, 0.3) is 0 Å². The Morgan fingerprint density at radius 2 is 1.90 bits per heavy atom. The van der Waals surface area contributed by atoms with Crippen molar-refractivity contribution >= 4 is 27.3 Å². The first kappa shape index (κ1) is 18.1. The highest BCUT2D eigenvalue weighted by Gasteiger charge is 2.17. The number of hydrogen-bond acceptors (Lipinski definition) is 5. The van der Waals surface area contributed by atoms with Gasteiger partial charge in [-0.2, -0.15) is 0 Å². The van der Waals surface area contributed by atoms with Gasteiger partial charge in [-0.25, -0.2) is 13.1 Å². The fourth-order valence-electron chi connectivity index (χ4n) is 1.98. The van der Waals surface area contributed by atoms with Crippen molar-refractivity contribution in [3.63, 3.8) is 0 Å². The summed E-state index contributed by atoms with van der Waals surface area (Å²) in [5.41, 5.74) is 5.13. The third-order valence-corrected chi connectivity index (χ3v) is 5.46. The van der Waals surface area contributed by atoms with Crippen LogP contribution in [0.5, 0.6) is 0 Å². The van der Waals surface area contributed by atoms with E-state index in [1.54, 1.807) is 0 Å². The summed E-state index contributed by atoms with van der Waals surface area (Å²) in [5, 5.41) is 1.43. The highest BCUT2D eigenvalue weighted by Crippen LogP contribution is 2.18. The normalized spacial score (nSPS) is 12.0. The molecule has 0 aromatic carbocycles. The number of rotatable bonds is 10. The summed E-state index contributed by atoms with van der Waals surface area (Å²) >= 11 is 1.04. The standard InChI is InChI=1S/C13H23N3O3S2/c1-3-6-16(7-4-2)8-5-15-21(18,19)11-9-12(13(14)17)20-10-11/h9-10,15H,3-8H2,1-2H3,(H2,14,17). The Morgan fingerprint density at radius 3 is 2.38 bits per heavy atom. The molecule has 3 N–H and O–H groups in total. The maximum Gasteiger partial charge on any atom is 0.258 e. The van der Waals surface area contributed by atoms with Gasteiger partial charge >= 0.3 is 0 Å². The van der Waals surface area contributed by atoms with Crippen molar-refractivity contribution in [2.45, 2.75) is 31.6 Å². The van der Waals surface area contributed by atoms with Crippen molar-refractivity contribution in [1.29, 1.82) is 0 Å². The number of hydrogen-bond donors (Lipinski definition) is 2. The van der Waals surface area contributed by atoms with Gasteiger partial charge in [-0.05, 0) is 32.0 Å². The van der Waals surface area contributed by atoms with E-state index in [4.69, 9.17) is 5.73 Å². The highest BCUT2D eigenvalue weighted by atomic mass is 32.2. The molecule has 0 spiro atoms. The van der Waals surface area contributed by atoms with E-state index in [1.807, 2.05) is 0 Å². The second-order valence-corrected chi connectivity index (χ2v) is 7.43. The lowest BCUT2D eigenvalue weighted by atomic mass is 10.3. The maximum atomic E-state index is 12.1. The predicted octanol–water partition coefficient (Wildman–Crippen LogP) is 1.25. The predicted molar refractivity (Wildman–Crippen MR) is 85.0 cm³/mol. The summed E-state index contributed by atoms with van der Waals surface area (Å²) < 4.78 is 26.7. The zero-order chi connectivity index (χ0) is 15.9. The molecule has 0 fully saturated rings. The van der Waals surface area contributed by atoms with E-state index in [9.17, 15) is 13.2 Å². The molecule has 0 radical (unpaired) electrons. The molecule has 8 heteroatoms. The van der Waals surface area contributed by atoms with E-state index in [2.05, 4.69) is 23.5 Å². The van der Waals surface area contributed by atoms with E-state index in [0.717, 1.165) is 37.3 Å². The third-order valence-electron chi connectivity index (χ3n) is 2.93. The first-order valence-corrected chi connectivity index (χ1v) is 9.37. The summed E-state index contributed by atoms with van der Waals surface area (Å²) in [4.78, 5) is 13.6. The van der Waals surface area contributed by atoms with Gasteiger partial charge in [0, 0.05) is 18.5 Å². The van der Waals surface area contributed by atoms with Crippen LogP contribution in [0.1, 0.15) is 36.4 Å². The summed E-state index contributed by atoms with van der Waals surface area (Å²) in [5.74, 6) is -0.612. The lowest BCUT2D eigenvalue weighted by Gasteiger charge is -2.20. The monoisotopic (exact) mass is 333 g/mol. The van der Waals surface area contributed by atoms with Gasteiger partial charge in [0.15, 0.2) is 0 Å². The summed E-state index contributed by atoms with van der Waals surface area (Å²) in [6, 6.07) is 1.31. The van der Waals surface area contributed by atoms with Crippen LogP contribution in [-0.2, 0) is 10.0 Å². The van der Waals surface area contributed by atoms with Crippen LogP contribution in [0.15, 0.2) is 16.3 Å². The first-order valence-electron chi connectivity index (χ1n) is 7.01. The minimum atomic E-state index is -3.57. The van der Waals surface area contributed by atoms with Crippen LogP contribution in [0, 0.1) is 0 Å². The average molecular weight is 333 g/mol. The van der Waals surface area contributed by atoms with Gasteiger partial charge in [0.25, 0.3) is 5.91 Å². The Labute approximate surface area is 130 Å². The van der Waals surface area contributed by atoms with Gasteiger partial charge in [0.1, 0.15) is 0 Å². The number of carbonyl (C=O) groups is 1. The molecule has 0 atom stereocenters. The number of nitrogens with two attached hydrogens (primary N) is 1. The van der Waals surface area contributed by atoms with Crippen molar-refractivity contribution < 1.29 is 13.2 Å². The van der Waals surface area contributed by atoms with Crippen LogP contribution in [0.2, 0.25) is 0 Å². The molecule has 120 valence electrons. The minimum Gasteiger partial charge on any atom is -0.365 e. The molecule has 0 aliphatic carbocycles. The Kier molecular flexibility index (Phi) is 7.30. The number of carbonyl (C=O) groups excluding carboxylic acids is 1. The van der Waals surface area contributed by atoms with Crippen LogP contribution >= 0.6 is 11.3 Å².